The summed E-state index contributed by atoms with van der Waals surface area (Å²) in [5.74, 6) is 7.61. The fraction of sp³-hybridized carbons (Fsp3) is 0.261. The van der Waals surface area contributed by atoms with Crippen LogP contribution < -0.4 is 15.6 Å². The number of rotatable bonds is 6. The van der Waals surface area contributed by atoms with Crippen molar-refractivity contribution in [2.45, 2.75) is 32.3 Å². The lowest BCUT2D eigenvalue weighted by atomic mass is 10.0. The van der Waals surface area contributed by atoms with Crippen LogP contribution in [0.4, 0.5) is 5.69 Å². The van der Waals surface area contributed by atoms with Crippen molar-refractivity contribution in [3.05, 3.63) is 77.6 Å². The molecular formula is C23H25N3O. The van der Waals surface area contributed by atoms with E-state index in [-0.39, 0.29) is 0 Å². The number of nitrogens with zero attached hydrogens (tertiary/aromatic N) is 2. The summed E-state index contributed by atoms with van der Waals surface area (Å²) in [4.78, 5) is 4.20. The highest BCUT2D eigenvalue weighted by atomic mass is 16.5. The Bertz CT molecular complexity index is 913. The third-order valence-electron chi connectivity index (χ3n) is 5.13. The van der Waals surface area contributed by atoms with E-state index >= 15 is 0 Å². The second kappa shape index (κ2) is 7.41. The van der Waals surface area contributed by atoms with E-state index in [1.807, 2.05) is 25.4 Å². The Morgan fingerprint density at radius 3 is 2.63 bits per heavy atom. The van der Waals surface area contributed by atoms with E-state index in [4.69, 9.17) is 10.6 Å². The number of anilines is 1. The molecule has 2 N–H and O–H groups in total. The molecule has 0 bridgehead atoms. The first-order valence-corrected chi connectivity index (χ1v) is 9.37. The van der Waals surface area contributed by atoms with Crippen LogP contribution in [-0.4, -0.2) is 12.0 Å². The van der Waals surface area contributed by atoms with Crippen molar-refractivity contribution in [2.75, 3.05) is 12.1 Å². The highest BCUT2D eigenvalue weighted by Crippen LogP contribution is 2.43. The topological polar surface area (TPSA) is 51.4 Å². The van der Waals surface area contributed by atoms with E-state index < -0.39 is 0 Å². The van der Waals surface area contributed by atoms with Gasteiger partial charge in [0.25, 0.3) is 0 Å². The molecule has 0 atom stereocenters. The Kier molecular flexibility index (Phi) is 4.82. The number of hydrazine groups is 1. The van der Waals surface area contributed by atoms with Crippen molar-refractivity contribution < 1.29 is 4.74 Å². The van der Waals surface area contributed by atoms with Crippen LogP contribution in [0.3, 0.4) is 0 Å². The second-order valence-electron chi connectivity index (χ2n) is 7.24. The van der Waals surface area contributed by atoms with Gasteiger partial charge in [-0.1, -0.05) is 24.3 Å². The summed E-state index contributed by atoms with van der Waals surface area (Å²) >= 11 is 0. The van der Waals surface area contributed by atoms with Gasteiger partial charge in [0.2, 0.25) is 0 Å². The van der Waals surface area contributed by atoms with Crippen LogP contribution in [0.5, 0.6) is 5.75 Å². The van der Waals surface area contributed by atoms with Gasteiger partial charge < -0.3 is 9.75 Å². The van der Waals surface area contributed by atoms with Gasteiger partial charge in [0.15, 0.2) is 0 Å². The van der Waals surface area contributed by atoms with E-state index in [0.717, 1.165) is 28.1 Å². The molecule has 27 heavy (non-hydrogen) atoms. The SMILES string of the molecule is Cc1cc(-c2cccnc2)ccc1OCc1c(C2CC2)cccc1N(C)N. The zero-order chi connectivity index (χ0) is 18.8. The summed E-state index contributed by atoms with van der Waals surface area (Å²) in [5, 5.41) is 1.68. The number of aromatic nitrogens is 1. The normalized spacial score (nSPS) is 13.4. The molecule has 4 heteroatoms. The molecule has 0 spiro atoms. The largest absolute Gasteiger partial charge is 0.489 e. The highest BCUT2D eigenvalue weighted by molar-refractivity contribution is 5.64. The number of hydrogen-bond donors (Lipinski definition) is 1. The first kappa shape index (κ1) is 17.6. The Balaban J connectivity index is 1.57. The zero-order valence-electron chi connectivity index (χ0n) is 15.9. The minimum Gasteiger partial charge on any atom is -0.489 e. The van der Waals surface area contributed by atoms with Gasteiger partial charge >= 0.3 is 0 Å². The Morgan fingerprint density at radius 2 is 1.96 bits per heavy atom. The maximum absolute atomic E-state index is 6.23. The van der Waals surface area contributed by atoms with E-state index in [1.54, 1.807) is 11.2 Å². The molecule has 4 rings (SSSR count). The number of aryl methyl sites for hydroxylation is 1. The van der Waals surface area contributed by atoms with Crippen molar-refractivity contribution >= 4 is 5.69 Å². The minimum absolute atomic E-state index is 0.524. The molecule has 1 aliphatic rings. The summed E-state index contributed by atoms with van der Waals surface area (Å²) in [6.07, 6.45) is 6.18. The van der Waals surface area contributed by atoms with Gasteiger partial charge in [-0.25, -0.2) is 5.84 Å². The fourth-order valence-electron chi connectivity index (χ4n) is 3.53. The second-order valence-corrected chi connectivity index (χ2v) is 7.24. The van der Waals surface area contributed by atoms with Crippen LogP contribution in [0.1, 0.15) is 35.4 Å². The Labute approximate surface area is 160 Å². The van der Waals surface area contributed by atoms with Gasteiger partial charge in [-0.3, -0.25) is 4.98 Å². The first-order valence-electron chi connectivity index (χ1n) is 9.37. The average molecular weight is 359 g/mol. The van der Waals surface area contributed by atoms with Crippen LogP contribution in [0.2, 0.25) is 0 Å². The zero-order valence-corrected chi connectivity index (χ0v) is 15.9. The number of hydrogen-bond acceptors (Lipinski definition) is 4. The minimum atomic E-state index is 0.524. The summed E-state index contributed by atoms with van der Waals surface area (Å²) in [5.41, 5.74) is 6.97. The van der Waals surface area contributed by atoms with Crippen molar-refractivity contribution in [1.82, 2.24) is 4.98 Å². The maximum atomic E-state index is 6.23. The van der Waals surface area contributed by atoms with E-state index in [9.17, 15) is 0 Å². The molecule has 1 saturated carbocycles. The maximum Gasteiger partial charge on any atom is 0.122 e. The molecule has 1 aromatic heterocycles. The molecule has 1 heterocycles. The summed E-state index contributed by atoms with van der Waals surface area (Å²) in [7, 11) is 1.88. The molecule has 0 unspecified atom stereocenters. The van der Waals surface area contributed by atoms with E-state index in [1.165, 1.54) is 24.0 Å². The number of benzene rings is 2. The van der Waals surface area contributed by atoms with Gasteiger partial charge in [-0.05, 0) is 66.6 Å². The van der Waals surface area contributed by atoms with Crippen LogP contribution in [0.25, 0.3) is 11.1 Å². The fourth-order valence-corrected chi connectivity index (χ4v) is 3.53. The van der Waals surface area contributed by atoms with Gasteiger partial charge in [0, 0.05) is 30.6 Å². The predicted molar refractivity (Wildman–Crippen MR) is 110 cm³/mol. The summed E-state index contributed by atoms with van der Waals surface area (Å²) in [6.45, 7) is 2.61. The quantitative estimate of drug-likeness (QED) is 0.506. The molecule has 3 aromatic rings. The van der Waals surface area contributed by atoms with E-state index in [0.29, 0.717) is 12.5 Å². The lowest BCUT2D eigenvalue weighted by Gasteiger charge is -2.21. The van der Waals surface area contributed by atoms with Crippen molar-refractivity contribution in [2.24, 2.45) is 5.84 Å². The van der Waals surface area contributed by atoms with Crippen LogP contribution in [0.15, 0.2) is 60.9 Å². The number of ether oxygens (including phenoxy) is 1. The standard InChI is InChI=1S/C23H25N3O/c1-16-13-18(19-5-4-12-25-14-19)10-11-23(16)27-15-21-20(17-8-9-17)6-3-7-22(21)26(2)24/h3-7,10-14,17H,8-9,15,24H2,1-2H3. The van der Waals surface area contributed by atoms with Crippen LogP contribution in [0, 0.1) is 6.92 Å². The number of pyridine rings is 1. The number of nitrogens with two attached hydrogens (primary N) is 1. The van der Waals surface area contributed by atoms with Gasteiger partial charge in [0.1, 0.15) is 12.4 Å². The van der Waals surface area contributed by atoms with Crippen LogP contribution in [-0.2, 0) is 6.61 Å². The monoisotopic (exact) mass is 359 g/mol. The Hall–Kier alpha value is -2.85. The molecule has 4 nitrogen and oxygen atoms in total. The van der Waals surface area contributed by atoms with Gasteiger partial charge in [-0.15, -0.1) is 0 Å². The molecule has 0 aliphatic heterocycles. The van der Waals surface area contributed by atoms with Gasteiger partial charge in [0.05, 0.1) is 5.69 Å². The summed E-state index contributed by atoms with van der Waals surface area (Å²) < 4.78 is 6.23. The van der Waals surface area contributed by atoms with Crippen molar-refractivity contribution in [3.8, 4) is 16.9 Å². The Morgan fingerprint density at radius 1 is 1.11 bits per heavy atom. The molecular weight excluding hydrogens is 334 g/mol. The lowest BCUT2D eigenvalue weighted by molar-refractivity contribution is 0.303. The average Bonchev–Trinajstić information content (AvgIpc) is 3.52. The van der Waals surface area contributed by atoms with Crippen molar-refractivity contribution in [1.29, 1.82) is 0 Å². The molecule has 1 aliphatic carbocycles. The smallest absolute Gasteiger partial charge is 0.122 e. The lowest BCUT2D eigenvalue weighted by Crippen LogP contribution is -2.27. The summed E-state index contributed by atoms with van der Waals surface area (Å²) in [6, 6.07) is 16.7. The third kappa shape index (κ3) is 3.81. The molecule has 0 saturated heterocycles. The van der Waals surface area contributed by atoms with Crippen LogP contribution >= 0.6 is 0 Å². The highest BCUT2D eigenvalue weighted by Gasteiger charge is 2.27. The predicted octanol–water partition coefficient (Wildman–Crippen LogP) is 4.82. The molecule has 138 valence electrons. The molecule has 1 fully saturated rings. The van der Waals surface area contributed by atoms with Gasteiger partial charge in [-0.2, -0.15) is 0 Å². The molecule has 0 amide bonds. The van der Waals surface area contributed by atoms with Crippen molar-refractivity contribution in [3.63, 3.8) is 0 Å². The molecule has 0 radical (unpaired) electrons. The first-order chi connectivity index (χ1) is 13.1. The third-order valence-corrected chi connectivity index (χ3v) is 5.13. The van der Waals surface area contributed by atoms with E-state index in [2.05, 4.69) is 48.3 Å². The molecule has 2 aromatic carbocycles.